The molecular weight excluding hydrogens is 208 g/mol. The molecule has 1 saturated carbocycles. The minimum Gasteiger partial charge on any atom is -0.297 e. The van der Waals surface area contributed by atoms with Gasteiger partial charge < -0.3 is 0 Å². The first kappa shape index (κ1) is 11.4. The van der Waals surface area contributed by atoms with Gasteiger partial charge in [0, 0.05) is 39.9 Å². The van der Waals surface area contributed by atoms with Crippen molar-refractivity contribution in [1.82, 2.24) is 4.90 Å². The second-order valence-electron chi connectivity index (χ2n) is 5.68. The molecule has 0 aromatic heterocycles. The Bertz CT molecular complexity index is 332. The van der Waals surface area contributed by atoms with Crippen LogP contribution in [-0.2, 0) is 9.73 Å². The van der Waals surface area contributed by atoms with E-state index in [-0.39, 0.29) is 5.54 Å². The van der Waals surface area contributed by atoms with Crippen LogP contribution in [0.1, 0.15) is 33.6 Å². The van der Waals surface area contributed by atoms with Crippen LogP contribution < -0.4 is 0 Å². The molecule has 0 bridgehead atoms. The van der Waals surface area contributed by atoms with Crippen LogP contribution in [0.3, 0.4) is 0 Å². The van der Waals surface area contributed by atoms with E-state index < -0.39 is 9.73 Å². The fraction of sp³-hybridized carbons (Fsp3) is 1.00. The fourth-order valence-electron chi connectivity index (χ4n) is 1.95. The van der Waals surface area contributed by atoms with Crippen LogP contribution in [0.15, 0.2) is 4.36 Å². The maximum atomic E-state index is 12.3. The van der Waals surface area contributed by atoms with Crippen LogP contribution in [0.4, 0.5) is 0 Å². The Kier molecular flexibility index (Phi) is 2.84. The Morgan fingerprint density at radius 1 is 1.20 bits per heavy atom. The minimum absolute atomic E-state index is 0.209. The van der Waals surface area contributed by atoms with Crippen LogP contribution in [0.2, 0.25) is 0 Å². The highest BCUT2D eigenvalue weighted by molar-refractivity contribution is 7.93. The monoisotopic (exact) mass is 230 g/mol. The van der Waals surface area contributed by atoms with E-state index in [0.717, 1.165) is 24.6 Å². The highest BCUT2D eigenvalue weighted by Gasteiger charge is 2.30. The van der Waals surface area contributed by atoms with Gasteiger partial charge in [-0.25, -0.2) is 8.57 Å². The van der Waals surface area contributed by atoms with Crippen molar-refractivity contribution in [2.24, 2.45) is 4.36 Å². The summed E-state index contributed by atoms with van der Waals surface area (Å²) in [4.78, 5) is 2.42. The molecule has 0 spiro atoms. The van der Waals surface area contributed by atoms with E-state index in [4.69, 9.17) is 0 Å². The van der Waals surface area contributed by atoms with Gasteiger partial charge in [0.15, 0.2) is 0 Å². The Morgan fingerprint density at radius 2 is 1.73 bits per heavy atom. The van der Waals surface area contributed by atoms with E-state index in [1.807, 2.05) is 0 Å². The zero-order chi connectivity index (χ0) is 11.1. The minimum atomic E-state index is -1.84. The molecule has 0 unspecified atom stereocenters. The third kappa shape index (κ3) is 2.94. The molecule has 1 heterocycles. The average molecular weight is 230 g/mol. The third-order valence-electron chi connectivity index (χ3n) is 3.20. The van der Waals surface area contributed by atoms with Crippen molar-refractivity contribution < 1.29 is 4.21 Å². The quantitative estimate of drug-likeness (QED) is 0.687. The van der Waals surface area contributed by atoms with Gasteiger partial charge in [-0.1, -0.05) is 0 Å². The summed E-state index contributed by atoms with van der Waals surface area (Å²) in [7, 11) is -1.84. The van der Waals surface area contributed by atoms with Crippen LogP contribution in [0.5, 0.6) is 0 Å². The van der Waals surface area contributed by atoms with E-state index in [1.54, 1.807) is 0 Å². The van der Waals surface area contributed by atoms with Gasteiger partial charge in [-0.2, -0.15) is 0 Å². The van der Waals surface area contributed by atoms with Crippen molar-refractivity contribution in [3.63, 3.8) is 0 Å². The summed E-state index contributed by atoms with van der Waals surface area (Å²) in [5, 5.41) is 0. The van der Waals surface area contributed by atoms with Crippen LogP contribution in [0, 0.1) is 0 Å². The van der Waals surface area contributed by atoms with Gasteiger partial charge >= 0.3 is 0 Å². The third-order valence-corrected chi connectivity index (χ3v) is 5.52. The fourth-order valence-corrected chi connectivity index (χ4v) is 4.13. The van der Waals surface area contributed by atoms with Crippen molar-refractivity contribution in [1.29, 1.82) is 0 Å². The van der Waals surface area contributed by atoms with Crippen molar-refractivity contribution in [2.45, 2.75) is 45.2 Å². The molecule has 0 radical (unpaired) electrons. The molecule has 15 heavy (non-hydrogen) atoms. The lowest BCUT2D eigenvalue weighted by Crippen LogP contribution is -2.49. The molecule has 2 aliphatic rings. The van der Waals surface area contributed by atoms with Crippen LogP contribution >= 0.6 is 0 Å². The van der Waals surface area contributed by atoms with E-state index in [9.17, 15) is 4.21 Å². The van der Waals surface area contributed by atoms with E-state index in [2.05, 4.69) is 30.0 Å². The number of hydrogen-bond donors (Lipinski definition) is 0. The molecule has 2 fully saturated rings. The van der Waals surface area contributed by atoms with Crippen molar-refractivity contribution in [2.75, 3.05) is 24.6 Å². The highest BCUT2D eigenvalue weighted by Crippen LogP contribution is 2.27. The number of rotatable bonds is 1. The summed E-state index contributed by atoms with van der Waals surface area (Å²) in [5.41, 5.74) is 0.209. The van der Waals surface area contributed by atoms with Crippen molar-refractivity contribution >= 4 is 9.73 Å². The molecule has 2 rings (SSSR count). The standard InChI is InChI=1S/C11H22N2OS/c1-11(2,3)13-6-8-15(14,9-7-13)12-10-4-5-10/h10H,4-9H2,1-3H3. The van der Waals surface area contributed by atoms with Gasteiger partial charge in [0.1, 0.15) is 0 Å². The summed E-state index contributed by atoms with van der Waals surface area (Å²) in [6.45, 7) is 8.55. The maximum Gasteiger partial charge on any atom is 0.0595 e. The predicted octanol–water partition coefficient (Wildman–Crippen LogP) is 1.73. The first-order chi connectivity index (χ1) is 6.89. The van der Waals surface area contributed by atoms with Crippen molar-refractivity contribution in [3.05, 3.63) is 0 Å². The smallest absolute Gasteiger partial charge is 0.0595 e. The molecule has 3 nitrogen and oxygen atoms in total. The molecule has 1 saturated heterocycles. The van der Waals surface area contributed by atoms with Gasteiger partial charge in [0.25, 0.3) is 0 Å². The second kappa shape index (κ2) is 3.74. The lowest BCUT2D eigenvalue weighted by Gasteiger charge is -2.39. The Morgan fingerprint density at radius 3 is 2.13 bits per heavy atom. The lowest BCUT2D eigenvalue weighted by atomic mass is 10.1. The average Bonchev–Trinajstić information content (AvgIpc) is 2.86. The molecule has 4 heteroatoms. The van der Waals surface area contributed by atoms with Gasteiger partial charge in [-0.3, -0.25) is 4.90 Å². The van der Waals surface area contributed by atoms with Gasteiger partial charge in [-0.15, -0.1) is 0 Å². The van der Waals surface area contributed by atoms with E-state index in [1.165, 1.54) is 12.8 Å². The SMILES string of the molecule is CC(C)(C)N1CCS(=O)(=NC2CC2)CC1. The molecule has 1 aliphatic heterocycles. The molecule has 1 aliphatic carbocycles. The van der Waals surface area contributed by atoms with Gasteiger partial charge in [0.2, 0.25) is 0 Å². The van der Waals surface area contributed by atoms with Crippen LogP contribution in [0.25, 0.3) is 0 Å². The van der Waals surface area contributed by atoms with Crippen LogP contribution in [-0.4, -0.2) is 45.3 Å². The second-order valence-corrected chi connectivity index (χ2v) is 8.25. The molecule has 0 aromatic rings. The highest BCUT2D eigenvalue weighted by atomic mass is 32.2. The maximum absolute atomic E-state index is 12.3. The Balaban J connectivity index is 2.00. The molecule has 0 amide bonds. The molecule has 0 N–H and O–H groups in total. The molecule has 88 valence electrons. The zero-order valence-corrected chi connectivity index (χ0v) is 10.8. The van der Waals surface area contributed by atoms with E-state index >= 15 is 0 Å². The summed E-state index contributed by atoms with van der Waals surface area (Å²) in [6, 6.07) is 0.443. The summed E-state index contributed by atoms with van der Waals surface area (Å²) >= 11 is 0. The topological polar surface area (TPSA) is 32.7 Å². The normalized spacial score (nSPS) is 27.7. The summed E-state index contributed by atoms with van der Waals surface area (Å²) < 4.78 is 16.8. The van der Waals surface area contributed by atoms with Gasteiger partial charge in [0.05, 0.1) is 6.04 Å². The number of hydrogen-bond acceptors (Lipinski definition) is 3. The first-order valence-corrected chi connectivity index (χ1v) is 7.71. The number of nitrogens with zero attached hydrogens (tertiary/aromatic N) is 2. The summed E-state index contributed by atoms with van der Waals surface area (Å²) in [6.07, 6.45) is 2.33. The van der Waals surface area contributed by atoms with Gasteiger partial charge in [-0.05, 0) is 33.6 Å². The first-order valence-electron chi connectivity index (χ1n) is 5.86. The molecule has 0 atom stereocenters. The Hall–Kier alpha value is -0.0900. The predicted molar refractivity (Wildman–Crippen MR) is 64.7 cm³/mol. The molecule has 0 aromatic carbocycles. The van der Waals surface area contributed by atoms with E-state index in [0.29, 0.717) is 6.04 Å². The zero-order valence-electron chi connectivity index (χ0n) is 10.0. The summed E-state index contributed by atoms with van der Waals surface area (Å²) in [5.74, 6) is 1.56. The lowest BCUT2D eigenvalue weighted by molar-refractivity contribution is 0.151. The largest absolute Gasteiger partial charge is 0.297 e. The molecular formula is C11H22N2OS. The Labute approximate surface area is 93.4 Å². The van der Waals surface area contributed by atoms with Crippen molar-refractivity contribution in [3.8, 4) is 0 Å².